The molecule has 0 heterocycles. The van der Waals surface area contributed by atoms with Crippen LogP contribution in [0, 0.1) is 11.8 Å². The van der Waals surface area contributed by atoms with Crippen molar-refractivity contribution in [3.63, 3.8) is 0 Å². The molecule has 2 bridgehead atoms. The molecule has 64 valence electrons. The molecule has 2 saturated carbocycles. The number of hydrogen-bond acceptors (Lipinski definition) is 1. The molecule has 2 aliphatic carbocycles. The van der Waals surface area contributed by atoms with Crippen molar-refractivity contribution in [2.24, 2.45) is 11.8 Å². The molecule has 0 aromatic heterocycles. The van der Waals surface area contributed by atoms with Crippen molar-refractivity contribution in [3.8, 4) is 0 Å². The molecule has 0 aromatic carbocycles. The minimum Gasteiger partial charge on any atom is -0.381 e. The molecule has 0 radical (unpaired) electrons. The zero-order valence-corrected chi connectivity index (χ0v) is 8.51. The van der Waals surface area contributed by atoms with Gasteiger partial charge in [0, 0.05) is 11.9 Å². The van der Waals surface area contributed by atoms with Gasteiger partial charge >= 0.3 is 0 Å². The van der Waals surface area contributed by atoms with Gasteiger partial charge in [0.25, 0.3) is 0 Å². The third kappa shape index (κ3) is 1.35. The molecule has 2 rings (SSSR count). The molecule has 0 aliphatic heterocycles. The van der Waals surface area contributed by atoms with E-state index in [-0.39, 0.29) is 0 Å². The first-order valence-electron chi connectivity index (χ1n) is 4.48. The first-order valence-corrected chi connectivity index (χ1v) is 5.39. The Labute approximate surface area is 76.6 Å². The number of alkyl halides is 1. The topological polar surface area (TPSA) is 9.23 Å². The van der Waals surface area contributed by atoms with Crippen LogP contribution < -0.4 is 0 Å². The quantitative estimate of drug-likeness (QED) is 0.616. The van der Waals surface area contributed by atoms with Crippen LogP contribution in [0.2, 0.25) is 0 Å². The third-order valence-electron chi connectivity index (χ3n) is 3.31. The van der Waals surface area contributed by atoms with Gasteiger partial charge < -0.3 is 4.74 Å². The molecule has 11 heavy (non-hydrogen) atoms. The Morgan fingerprint density at radius 2 is 1.91 bits per heavy atom. The fourth-order valence-corrected chi connectivity index (χ4v) is 3.46. The van der Waals surface area contributed by atoms with Gasteiger partial charge in [-0.3, -0.25) is 0 Å². The van der Waals surface area contributed by atoms with Gasteiger partial charge in [-0.05, 0) is 37.5 Å². The van der Waals surface area contributed by atoms with E-state index in [4.69, 9.17) is 4.74 Å². The number of halogens is 1. The minimum atomic E-state index is 0.540. The summed E-state index contributed by atoms with van der Waals surface area (Å²) in [5.41, 5.74) is 0. The summed E-state index contributed by atoms with van der Waals surface area (Å²) in [6, 6.07) is 0. The molecule has 4 atom stereocenters. The zero-order chi connectivity index (χ0) is 7.84. The Balaban J connectivity index is 2.05. The molecule has 2 aliphatic rings. The monoisotopic (exact) mass is 218 g/mol. The maximum atomic E-state index is 5.46. The first-order chi connectivity index (χ1) is 5.31. The summed E-state index contributed by atoms with van der Waals surface area (Å²) in [7, 11) is 1.85. The number of rotatable bonds is 1. The van der Waals surface area contributed by atoms with Crippen molar-refractivity contribution in [2.45, 2.75) is 36.6 Å². The summed E-state index contributed by atoms with van der Waals surface area (Å²) in [6.07, 6.45) is 5.98. The highest BCUT2D eigenvalue weighted by Crippen LogP contribution is 2.45. The lowest BCUT2D eigenvalue weighted by Gasteiger charge is -2.31. The average molecular weight is 219 g/mol. The van der Waals surface area contributed by atoms with E-state index in [2.05, 4.69) is 15.9 Å². The zero-order valence-electron chi connectivity index (χ0n) is 6.92. The van der Waals surface area contributed by atoms with Gasteiger partial charge in [-0.2, -0.15) is 0 Å². The molecule has 1 nitrogen and oxygen atoms in total. The fourth-order valence-electron chi connectivity index (χ4n) is 2.61. The van der Waals surface area contributed by atoms with E-state index in [9.17, 15) is 0 Å². The molecule has 0 amide bonds. The number of methoxy groups -OCH3 is 1. The molecule has 0 spiro atoms. The smallest absolute Gasteiger partial charge is 0.0610 e. The summed E-state index contributed by atoms with van der Waals surface area (Å²) >= 11 is 3.74. The van der Waals surface area contributed by atoms with Gasteiger partial charge in [0.1, 0.15) is 0 Å². The Kier molecular flexibility index (Phi) is 2.24. The lowest BCUT2D eigenvalue weighted by Crippen LogP contribution is -2.31. The van der Waals surface area contributed by atoms with Crippen LogP contribution in [0.4, 0.5) is 0 Å². The lowest BCUT2D eigenvalue weighted by atomic mass is 9.87. The molecule has 0 N–H and O–H groups in total. The van der Waals surface area contributed by atoms with E-state index >= 15 is 0 Å². The highest BCUT2D eigenvalue weighted by molar-refractivity contribution is 9.09. The largest absolute Gasteiger partial charge is 0.381 e. The number of hydrogen-bond donors (Lipinski definition) is 0. The maximum absolute atomic E-state index is 5.46. The second-order valence-electron chi connectivity index (χ2n) is 3.86. The van der Waals surface area contributed by atoms with Crippen molar-refractivity contribution in [2.75, 3.05) is 7.11 Å². The van der Waals surface area contributed by atoms with E-state index in [1.807, 2.05) is 7.11 Å². The predicted molar refractivity (Wildman–Crippen MR) is 49.0 cm³/mol. The van der Waals surface area contributed by atoms with Gasteiger partial charge in [-0.25, -0.2) is 0 Å². The van der Waals surface area contributed by atoms with E-state index in [0.29, 0.717) is 6.10 Å². The first kappa shape index (κ1) is 8.06. The van der Waals surface area contributed by atoms with Crippen LogP contribution in [-0.2, 0) is 4.74 Å². The van der Waals surface area contributed by atoms with Gasteiger partial charge in [0.2, 0.25) is 0 Å². The van der Waals surface area contributed by atoms with Crippen LogP contribution in [0.25, 0.3) is 0 Å². The van der Waals surface area contributed by atoms with Crippen LogP contribution in [0.5, 0.6) is 0 Å². The molecule has 0 aromatic rings. The summed E-state index contributed by atoms with van der Waals surface area (Å²) in [6.45, 7) is 0. The second-order valence-corrected chi connectivity index (χ2v) is 5.04. The van der Waals surface area contributed by atoms with Crippen molar-refractivity contribution >= 4 is 15.9 Å². The van der Waals surface area contributed by atoms with Crippen molar-refractivity contribution < 1.29 is 4.74 Å². The minimum absolute atomic E-state index is 0.540. The Morgan fingerprint density at radius 3 is 2.64 bits per heavy atom. The molecular weight excluding hydrogens is 204 g/mol. The Bertz CT molecular complexity index is 148. The summed E-state index contributed by atoms with van der Waals surface area (Å²) in [5, 5.41) is 0. The van der Waals surface area contributed by atoms with Crippen LogP contribution in [0.3, 0.4) is 0 Å². The van der Waals surface area contributed by atoms with Crippen molar-refractivity contribution in [1.82, 2.24) is 0 Å². The van der Waals surface area contributed by atoms with Crippen LogP contribution in [-0.4, -0.2) is 18.0 Å². The van der Waals surface area contributed by atoms with Gasteiger partial charge in [-0.1, -0.05) is 15.9 Å². The molecule has 2 heteroatoms. The van der Waals surface area contributed by atoms with Crippen molar-refractivity contribution in [1.29, 1.82) is 0 Å². The molecule has 0 saturated heterocycles. The average Bonchev–Trinajstić information content (AvgIpc) is 2.43. The van der Waals surface area contributed by atoms with Gasteiger partial charge in [-0.15, -0.1) is 0 Å². The van der Waals surface area contributed by atoms with E-state index in [0.717, 1.165) is 16.7 Å². The summed E-state index contributed by atoms with van der Waals surface area (Å²) in [5.74, 6) is 1.82. The molecular formula is C9H15BrO. The van der Waals surface area contributed by atoms with E-state index in [1.54, 1.807) is 0 Å². The van der Waals surface area contributed by atoms with Crippen LogP contribution >= 0.6 is 15.9 Å². The maximum Gasteiger partial charge on any atom is 0.0610 e. The summed E-state index contributed by atoms with van der Waals surface area (Å²) < 4.78 is 5.46. The standard InChI is InChI=1S/C9H15BrO/c1-11-9-5-8(10)6-2-3-7(9)4-6/h6-9H,2-5H2,1H3. The number of ether oxygens (including phenoxy) is 1. The number of fused-ring (bicyclic) bond motifs is 2. The molecule has 4 unspecified atom stereocenters. The summed E-state index contributed by atoms with van der Waals surface area (Å²) in [4.78, 5) is 0.728. The third-order valence-corrected chi connectivity index (χ3v) is 4.43. The normalized spacial score (nSPS) is 49.6. The predicted octanol–water partition coefficient (Wildman–Crippen LogP) is 2.58. The lowest BCUT2D eigenvalue weighted by molar-refractivity contribution is 0.0323. The van der Waals surface area contributed by atoms with E-state index in [1.165, 1.54) is 25.7 Å². The van der Waals surface area contributed by atoms with Crippen molar-refractivity contribution in [3.05, 3.63) is 0 Å². The fraction of sp³-hybridized carbons (Fsp3) is 1.00. The van der Waals surface area contributed by atoms with Gasteiger partial charge in [0.15, 0.2) is 0 Å². The van der Waals surface area contributed by atoms with Gasteiger partial charge in [0.05, 0.1) is 6.10 Å². The second kappa shape index (κ2) is 3.06. The SMILES string of the molecule is COC1CC(Br)C2CCC1C2. The highest BCUT2D eigenvalue weighted by Gasteiger charge is 2.40. The Hall–Kier alpha value is 0.440. The van der Waals surface area contributed by atoms with Crippen LogP contribution in [0.15, 0.2) is 0 Å². The van der Waals surface area contributed by atoms with Crippen LogP contribution in [0.1, 0.15) is 25.7 Å². The molecule has 2 fully saturated rings. The van der Waals surface area contributed by atoms with E-state index < -0.39 is 0 Å². The highest BCUT2D eigenvalue weighted by atomic mass is 79.9. The Morgan fingerprint density at radius 1 is 1.18 bits per heavy atom.